The van der Waals surface area contributed by atoms with E-state index in [1.165, 1.54) is 16.0 Å². The quantitative estimate of drug-likeness (QED) is 0.704. The summed E-state index contributed by atoms with van der Waals surface area (Å²) in [5, 5.41) is 7.02. The monoisotopic (exact) mass is 420 g/mol. The Balaban J connectivity index is 1.37. The lowest BCUT2D eigenvalue weighted by Gasteiger charge is -2.27. The fourth-order valence-corrected chi connectivity index (χ4v) is 4.47. The number of carbonyl (C=O) groups excluding carboxylic acids is 1. The topological polar surface area (TPSA) is 50.2 Å². The third-order valence-corrected chi connectivity index (χ3v) is 6.17. The van der Waals surface area contributed by atoms with Gasteiger partial charge < -0.3 is 9.32 Å². The van der Waals surface area contributed by atoms with E-state index >= 15 is 0 Å². The van der Waals surface area contributed by atoms with Crippen molar-refractivity contribution in [3.63, 3.8) is 0 Å². The number of rotatable bonds is 4. The van der Waals surface area contributed by atoms with Gasteiger partial charge in [0.25, 0.3) is 5.91 Å². The van der Waals surface area contributed by atoms with E-state index in [-0.39, 0.29) is 11.9 Å². The molecule has 0 bridgehead atoms. The molecule has 0 saturated carbocycles. The Bertz CT molecular complexity index is 1080. The van der Waals surface area contributed by atoms with E-state index in [4.69, 9.17) is 21.1 Å². The summed E-state index contributed by atoms with van der Waals surface area (Å²) in [6.45, 7) is 2.24. The standard InChI is InChI=1S/C24H22ClN3O2/c25-20-9-7-18(8-10-20)21-14-22(23-6-3-13-30-23)28(26-21)24(29)16-27-12-11-17-4-1-2-5-19(17)15-27/h1-10,13,22H,11-12,14-16H2/p+1/t22-/m0/s1. The van der Waals surface area contributed by atoms with Crippen LogP contribution in [0.15, 0.2) is 76.4 Å². The maximum absolute atomic E-state index is 13.3. The normalized spacial score (nSPS) is 20.7. The van der Waals surface area contributed by atoms with Gasteiger partial charge in [0.1, 0.15) is 18.3 Å². The van der Waals surface area contributed by atoms with Gasteiger partial charge >= 0.3 is 0 Å². The Labute approximate surface area is 180 Å². The average Bonchev–Trinajstić information content (AvgIpc) is 3.44. The Morgan fingerprint density at radius 3 is 2.67 bits per heavy atom. The molecule has 1 amide bonds. The van der Waals surface area contributed by atoms with Crippen LogP contribution < -0.4 is 4.90 Å². The van der Waals surface area contributed by atoms with Gasteiger partial charge in [-0.05, 0) is 35.4 Å². The van der Waals surface area contributed by atoms with Crippen LogP contribution in [0.5, 0.6) is 0 Å². The summed E-state index contributed by atoms with van der Waals surface area (Å²) >= 11 is 6.03. The largest absolute Gasteiger partial charge is 0.467 e. The van der Waals surface area contributed by atoms with Gasteiger partial charge in [-0.2, -0.15) is 5.10 Å². The number of hydrogen-bond acceptors (Lipinski definition) is 3. The summed E-state index contributed by atoms with van der Waals surface area (Å²) in [5.41, 5.74) is 4.58. The highest BCUT2D eigenvalue weighted by atomic mass is 35.5. The second kappa shape index (κ2) is 8.09. The molecule has 0 saturated heterocycles. The lowest BCUT2D eigenvalue weighted by atomic mass is 10.00. The highest BCUT2D eigenvalue weighted by Crippen LogP contribution is 2.33. The molecule has 1 N–H and O–H groups in total. The minimum Gasteiger partial charge on any atom is -0.467 e. The zero-order chi connectivity index (χ0) is 20.5. The predicted molar refractivity (Wildman–Crippen MR) is 115 cm³/mol. The van der Waals surface area contributed by atoms with Gasteiger partial charge in [0.15, 0.2) is 6.54 Å². The first-order valence-electron chi connectivity index (χ1n) is 10.3. The number of carbonyl (C=O) groups is 1. The molecule has 3 aromatic rings. The summed E-state index contributed by atoms with van der Waals surface area (Å²) in [6.07, 6.45) is 3.27. The van der Waals surface area contributed by atoms with Crippen LogP contribution in [0.3, 0.4) is 0 Å². The van der Waals surface area contributed by atoms with Crippen molar-refractivity contribution in [3.8, 4) is 0 Å². The van der Waals surface area contributed by atoms with E-state index in [0.717, 1.165) is 36.5 Å². The Kier molecular flexibility index (Phi) is 5.15. The maximum Gasteiger partial charge on any atom is 0.298 e. The molecule has 2 aliphatic rings. The van der Waals surface area contributed by atoms with E-state index < -0.39 is 0 Å². The number of hydrazone groups is 1. The minimum absolute atomic E-state index is 0.0229. The molecule has 0 spiro atoms. The predicted octanol–water partition coefficient (Wildman–Crippen LogP) is 3.25. The molecule has 5 rings (SSSR count). The van der Waals surface area contributed by atoms with Gasteiger partial charge in [-0.25, -0.2) is 5.01 Å². The maximum atomic E-state index is 13.3. The van der Waals surface area contributed by atoms with Crippen molar-refractivity contribution < 1.29 is 14.1 Å². The highest BCUT2D eigenvalue weighted by Gasteiger charge is 2.36. The van der Waals surface area contributed by atoms with Crippen molar-refractivity contribution in [2.24, 2.45) is 5.10 Å². The van der Waals surface area contributed by atoms with Crippen LogP contribution in [0.2, 0.25) is 5.02 Å². The second-order valence-electron chi connectivity index (χ2n) is 7.90. The molecular weight excluding hydrogens is 398 g/mol. The first kappa shape index (κ1) is 19.1. The van der Waals surface area contributed by atoms with E-state index in [9.17, 15) is 4.79 Å². The van der Waals surface area contributed by atoms with Gasteiger partial charge in [-0.1, -0.05) is 48.0 Å². The zero-order valence-electron chi connectivity index (χ0n) is 16.6. The summed E-state index contributed by atoms with van der Waals surface area (Å²) < 4.78 is 5.64. The molecule has 2 aliphatic heterocycles. The van der Waals surface area contributed by atoms with Gasteiger partial charge in [0, 0.05) is 23.4 Å². The molecule has 1 aromatic heterocycles. The molecule has 6 heteroatoms. The fourth-order valence-electron chi connectivity index (χ4n) is 4.35. The number of halogens is 1. The van der Waals surface area contributed by atoms with Crippen LogP contribution >= 0.6 is 11.6 Å². The zero-order valence-corrected chi connectivity index (χ0v) is 17.3. The SMILES string of the molecule is O=C(C[NH+]1CCc2ccccc2C1)N1N=C(c2ccc(Cl)cc2)C[C@H]1c1ccco1. The summed E-state index contributed by atoms with van der Waals surface area (Å²) in [6, 6.07) is 19.6. The summed E-state index contributed by atoms with van der Waals surface area (Å²) in [4.78, 5) is 14.6. The molecule has 30 heavy (non-hydrogen) atoms. The third kappa shape index (κ3) is 3.78. The number of quaternary nitrogens is 1. The van der Waals surface area contributed by atoms with Crippen LogP contribution in [-0.2, 0) is 17.8 Å². The van der Waals surface area contributed by atoms with Gasteiger partial charge in [0.2, 0.25) is 0 Å². The number of nitrogens with zero attached hydrogens (tertiary/aromatic N) is 2. The van der Waals surface area contributed by atoms with Crippen LogP contribution in [0.4, 0.5) is 0 Å². The Morgan fingerprint density at radius 1 is 1.10 bits per heavy atom. The van der Waals surface area contributed by atoms with Crippen molar-refractivity contribution in [3.05, 3.63) is 94.4 Å². The summed E-state index contributed by atoms with van der Waals surface area (Å²) in [7, 11) is 0. The lowest BCUT2D eigenvalue weighted by Crippen LogP contribution is -3.12. The third-order valence-electron chi connectivity index (χ3n) is 5.92. The van der Waals surface area contributed by atoms with Crippen molar-refractivity contribution in [2.75, 3.05) is 13.1 Å². The molecule has 0 radical (unpaired) electrons. The molecule has 5 nitrogen and oxygen atoms in total. The van der Waals surface area contributed by atoms with Gasteiger partial charge in [0.05, 0.1) is 18.5 Å². The minimum atomic E-state index is -0.213. The van der Waals surface area contributed by atoms with E-state index in [1.807, 2.05) is 36.4 Å². The molecule has 152 valence electrons. The highest BCUT2D eigenvalue weighted by molar-refractivity contribution is 6.30. The van der Waals surface area contributed by atoms with Crippen molar-refractivity contribution in [1.82, 2.24) is 5.01 Å². The second-order valence-corrected chi connectivity index (χ2v) is 8.34. The molecule has 1 unspecified atom stereocenters. The average molecular weight is 421 g/mol. The van der Waals surface area contributed by atoms with Crippen LogP contribution in [0.25, 0.3) is 0 Å². The number of nitrogens with one attached hydrogen (secondary N) is 1. The molecule has 0 fully saturated rings. The number of hydrogen-bond donors (Lipinski definition) is 1. The first-order chi connectivity index (χ1) is 14.7. The number of benzene rings is 2. The first-order valence-corrected chi connectivity index (χ1v) is 10.6. The number of furan rings is 1. The number of amides is 1. The molecule has 3 heterocycles. The van der Waals surface area contributed by atoms with Crippen molar-refractivity contribution in [2.45, 2.75) is 25.4 Å². The van der Waals surface area contributed by atoms with Crippen LogP contribution in [0.1, 0.15) is 34.9 Å². The Morgan fingerprint density at radius 2 is 1.90 bits per heavy atom. The van der Waals surface area contributed by atoms with E-state index in [0.29, 0.717) is 18.0 Å². The Hall–Kier alpha value is -2.89. The van der Waals surface area contributed by atoms with Gasteiger partial charge in [-0.3, -0.25) is 4.79 Å². The molecule has 0 aliphatic carbocycles. The molecule has 2 aromatic carbocycles. The lowest BCUT2D eigenvalue weighted by molar-refractivity contribution is -0.908. The van der Waals surface area contributed by atoms with Gasteiger partial charge in [-0.15, -0.1) is 0 Å². The van der Waals surface area contributed by atoms with E-state index in [1.54, 1.807) is 11.3 Å². The molecule has 2 atom stereocenters. The smallest absolute Gasteiger partial charge is 0.298 e. The van der Waals surface area contributed by atoms with Crippen LogP contribution in [-0.4, -0.2) is 29.7 Å². The fraction of sp³-hybridized carbons (Fsp3) is 0.250. The molecular formula is C24H23ClN3O2+. The van der Waals surface area contributed by atoms with Crippen LogP contribution in [0, 0.1) is 0 Å². The summed E-state index contributed by atoms with van der Waals surface area (Å²) in [5.74, 6) is 0.782. The van der Waals surface area contributed by atoms with Crippen molar-refractivity contribution in [1.29, 1.82) is 0 Å². The van der Waals surface area contributed by atoms with E-state index in [2.05, 4.69) is 24.3 Å². The number of fused-ring (bicyclic) bond motifs is 1. The van der Waals surface area contributed by atoms with Crippen molar-refractivity contribution >= 4 is 23.2 Å².